The van der Waals surface area contributed by atoms with Gasteiger partial charge in [0.15, 0.2) is 0 Å². The number of hydrogen-bond acceptors (Lipinski definition) is 2. The van der Waals surface area contributed by atoms with Crippen molar-refractivity contribution in [1.29, 1.82) is 0 Å². The van der Waals surface area contributed by atoms with E-state index in [0.29, 0.717) is 6.61 Å². The van der Waals surface area contributed by atoms with E-state index < -0.39 is 5.79 Å². The third-order valence-corrected chi connectivity index (χ3v) is 1.60. The van der Waals surface area contributed by atoms with E-state index in [1.54, 1.807) is 6.08 Å². The van der Waals surface area contributed by atoms with Gasteiger partial charge in [0.05, 0.1) is 6.61 Å². The van der Waals surface area contributed by atoms with E-state index in [4.69, 9.17) is 9.47 Å². The molecule has 0 fully saturated rings. The molecule has 2 nitrogen and oxygen atoms in total. The average molecular weight is 154 g/mol. The van der Waals surface area contributed by atoms with Crippen LogP contribution in [0.2, 0.25) is 0 Å². The average Bonchev–Trinajstić information content (AvgIpc) is 1.94. The first kappa shape index (κ1) is 8.34. The molecule has 0 saturated carbocycles. The molecule has 0 aromatic heterocycles. The third kappa shape index (κ3) is 1.84. The van der Waals surface area contributed by atoms with Crippen LogP contribution in [-0.2, 0) is 9.47 Å². The molecule has 0 spiro atoms. The van der Waals surface area contributed by atoms with E-state index in [2.05, 4.69) is 6.58 Å². The molecular formula is C9H14O2. The minimum atomic E-state index is -0.497. The molecule has 0 saturated heterocycles. The van der Waals surface area contributed by atoms with Gasteiger partial charge in [0, 0.05) is 13.8 Å². The molecule has 1 rings (SSSR count). The van der Waals surface area contributed by atoms with Gasteiger partial charge in [-0.25, -0.2) is 0 Å². The summed E-state index contributed by atoms with van der Waals surface area (Å²) in [5, 5.41) is 0. The highest BCUT2D eigenvalue weighted by Crippen LogP contribution is 2.25. The zero-order valence-corrected chi connectivity index (χ0v) is 7.31. The van der Waals surface area contributed by atoms with Crippen molar-refractivity contribution in [2.24, 2.45) is 0 Å². The second-order valence-electron chi connectivity index (χ2n) is 3.14. The van der Waals surface area contributed by atoms with E-state index in [9.17, 15) is 0 Å². The second-order valence-corrected chi connectivity index (χ2v) is 3.14. The SMILES string of the molecule is C=CC1=C(C)COC(C)(C)O1. The minimum absolute atomic E-state index is 0.497. The van der Waals surface area contributed by atoms with Gasteiger partial charge in [0.1, 0.15) is 5.76 Å². The number of allylic oxidation sites excluding steroid dienone is 1. The van der Waals surface area contributed by atoms with Gasteiger partial charge in [-0.15, -0.1) is 0 Å². The van der Waals surface area contributed by atoms with Gasteiger partial charge in [-0.1, -0.05) is 6.58 Å². The van der Waals surface area contributed by atoms with Gasteiger partial charge in [0.2, 0.25) is 5.79 Å². The summed E-state index contributed by atoms with van der Waals surface area (Å²) >= 11 is 0. The molecule has 0 aromatic carbocycles. The molecule has 0 radical (unpaired) electrons. The molecule has 11 heavy (non-hydrogen) atoms. The summed E-state index contributed by atoms with van der Waals surface area (Å²) in [6, 6.07) is 0. The summed E-state index contributed by atoms with van der Waals surface area (Å²) in [6.45, 7) is 10.1. The monoisotopic (exact) mass is 154 g/mol. The topological polar surface area (TPSA) is 18.5 Å². The summed E-state index contributed by atoms with van der Waals surface area (Å²) in [6.07, 6.45) is 1.72. The normalized spacial score (nSPS) is 22.8. The Balaban J connectivity index is 2.81. The molecule has 0 N–H and O–H groups in total. The molecule has 1 aliphatic rings. The predicted molar refractivity (Wildman–Crippen MR) is 44.0 cm³/mol. The highest BCUT2D eigenvalue weighted by Gasteiger charge is 2.25. The Hall–Kier alpha value is -0.760. The van der Waals surface area contributed by atoms with Crippen LogP contribution in [0.15, 0.2) is 24.0 Å². The fourth-order valence-corrected chi connectivity index (χ4v) is 0.950. The molecule has 62 valence electrons. The lowest BCUT2D eigenvalue weighted by molar-refractivity contribution is -0.196. The van der Waals surface area contributed by atoms with Crippen molar-refractivity contribution in [3.63, 3.8) is 0 Å². The smallest absolute Gasteiger partial charge is 0.205 e. The molecule has 0 bridgehead atoms. The first-order valence-electron chi connectivity index (χ1n) is 3.70. The van der Waals surface area contributed by atoms with Crippen LogP contribution in [0, 0.1) is 0 Å². The standard InChI is InChI=1S/C9H14O2/c1-5-8-7(2)6-10-9(3,4)11-8/h5H,1,6H2,2-4H3. The lowest BCUT2D eigenvalue weighted by Gasteiger charge is -2.32. The minimum Gasteiger partial charge on any atom is -0.463 e. The van der Waals surface area contributed by atoms with E-state index in [0.717, 1.165) is 11.3 Å². The molecule has 1 heterocycles. The zero-order valence-electron chi connectivity index (χ0n) is 7.31. The van der Waals surface area contributed by atoms with E-state index in [1.165, 1.54) is 0 Å². The zero-order chi connectivity index (χ0) is 8.48. The number of rotatable bonds is 1. The van der Waals surface area contributed by atoms with Gasteiger partial charge in [-0.2, -0.15) is 0 Å². The molecule has 0 atom stereocenters. The fourth-order valence-electron chi connectivity index (χ4n) is 0.950. The van der Waals surface area contributed by atoms with E-state index in [-0.39, 0.29) is 0 Å². The molecule has 0 amide bonds. The molecule has 2 heteroatoms. The maximum absolute atomic E-state index is 5.47. The Bertz CT molecular complexity index is 202. The van der Waals surface area contributed by atoms with Crippen molar-refractivity contribution in [3.05, 3.63) is 24.0 Å². The maximum Gasteiger partial charge on any atom is 0.205 e. The first-order valence-corrected chi connectivity index (χ1v) is 3.70. The fraction of sp³-hybridized carbons (Fsp3) is 0.556. The Morgan fingerprint density at radius 1 is 1.55 bits per heavy atom. The Labute approximate surface area is 67.5 Å². The van der Waals surface area contributed by atoms with E-state index in [1.807, 2.05) is 20.8 Å². The Kier molecular flexibility index (Phi) is 2.05. The quantitative estimate of drug-likeness (QED) is 0.576. The highest BCUT2D eigenvalue weighted by atomic mass is 16.7. The summed E-state index contributed by atoms with van der Waals surface area (Å²) in [5.41, 5.74) is 1.10. The van der Waals surface area contributed by atoms with Crippen LogP contribution in [-0.4, -0.2) is 12.4 Å². The van der Waals surface area contributed by atoms with Crippen LogP contribution in [0.5, 0.6) is 0 Å². The van der Waals surface area contributed by atoms with E-state index >= 15 is 0 Å². The summed E-state index contributed by atoms with van der Waals surface area (Å²) in [4.78, 5) is 0. The lowest BCUT2D eigenvalue weighted by atomic mass is 10.2. The van der Waals surface area contributed by atoms with Crippen molar-refractivity contribution in [2.75, 3.05) is 6.61 Å². The van der Waals surface area contributed by atoms with Gasteiger partial charge < -0.3 is 9.47 Å². The maximum atomic E-state index is 5.47. The predicted octanol–water partition coefficient (Wildman–Crippen LogP) is 2.23. The highest BCUT2D eigenvalue weighted by molar-refractivity contribution is 5.19. The molecule has 0 aromatic rings. The van der Waals surface area contributed by atoms with Gasteiger partial charge >= 0.3 is 0 Å². The molecule has 1 aliphatic heterocycles. The molecule has 0 aliphatic carbocycles. The van der Waals surface area contributed by atoms with Crippen LogP contribution in [0.4, 0.5) is 0 Å². The Morgan fingerprint density at radius 2 is 2.18 bits per heavy atom. The first-order chi connectivity index (χ1) is 5.05. The van der Waals surface area contributed by atoms with Gasteiger partial charge in [0.25, 0.3) is 0 Å². The van der Waals surface area contributed by atoms with Crippen LogP contribution in [0.25, 0.3) is 0 Å². The lowest BCUT2D eigenvalue weighted by Crippen LogP contribution is -2.32. The summed E-state index contributed by atoms with van der Waals surface area (Å²) in [7, 11) is 0. The van der Waals surface area contributed by atoms with Gasteiger partial charge in [-0.05, 0) is 18.6 Å². The van der Waals surface area contributed by atoms with Crippen LogP contribution >= 0.6 is 0 Å². The van der Waals surface area contributed by atoms with Crippen molar-refractivity contribution in [1.82, 2.24) is 0 Å². The van der Waals surface area contributed by atoms with Crippen LogP contribution in [0.3, 0.4) is 0 Å². The summed E-state index contributed by atoms with van der Waals surface area (Å²) in [5.74, 6) is 0.351. The molecular weight excluding hydrogens is 140 g/mol. The van der Waals surface area contributed by atoms with Crippen molar-refractivity contribution >= 4 is 0 Å². The van der Waals surface area contributed by atoms with Crippen molar-refractivity contribution < 1.29 is 9.47 Å². The number of hydrogen-bond donors (Lipinski definition) is 0. The third-order valence-electron chi connectivity index (χ3n) is 1.60. The van der Waals surface area contributed by atoms with Crippen LogP contribution < -0.4 is 0 Å². The van der Waals surface area contributed by atoms with Gasteiger partial charge in [-0.3, -0.25) is 0 Å². The summed E-state index contributed by atoms with van der Waals surface area (Å²) < 4.78 is 10.9. The second kappa shape index (κ2) is 2.70. The van der Waals surface area contributed by atoms with Crippen molar-refractivity contribution in [2.45, 2.75) is 26.6 Å². The Morgan fingerprint density at radius 3 is 2.64 bits per heavy atom. The number of ether oxygens (including phenoxy) is 2. The van der Waals surface area contributed by atoms with Crippen molar-refractivity contribution in [3.8, 4) is 0 Å². The van der Waals surface area contributed by atoms with Crippen LogP contribution in [0.1, 0.15) is 20.8 Å². The largest absolute Gasteiger partial charge is 0.463 e. The molecule has 0 unspecified atom stereocenters.